The molecule has 5 aromatic rings. The molecular weight excluding hydrogens is 576 g/mol. The van der Waals surface area contributed by atoms with Crippen molar-refractivity contribution in [2.75, 3.05) is 0 Å². The van der Waals surface area contributed by atoms with Crippen molar-refractivity contribution in [2.45, 2.75) is 25.2 Å². The fraction of sp³-hybridized carbons (Fsp3) is 0.133. The van der Waals surface area contributed by atoms with Crippen LogP contribution >= 0.6 is 0 Å². The molecule has 0 unspecified atom stereocenters. The summed E-state index contributed by atoms with van der Waals surface area (Å²) in [5, 5.41) is 2.74. The average Bonchev–Trinajstić information content (AvgIpc) is 3.33. The topological polar surface area (TPSA) is 103 Å². The van der Waals surface area contributed by atoms with E-state index >= 15 is 0 Å². The maximum absolute atomic E-state index is 14.2. The van der Waals surface area contributed by atoms with Crippen LogP contribution in [0.15, 0.2) is 79.3 Å². The summed E-state index contributed by atoms with van der Waals surface area (Å²) in [7, 11) is 0. The quantitative estimate of drug-likeness (QED) is 0.223. The molecule has 2 amide bonds. The lowest BCUT2D eigenvalue weighted by Gasteiger charge is -2.22. The number of hydrogen-bond donors (Lipinski definition) is 2. The third-order valence-corrected chi connectivity index (χ3v) is 6.67. The highest BCUT2D eigenvalue weighted by Crippen LogP contribution is 2.32. The van der Waals surface area contributed by atoms with Crippen molar-refractivity contribution in [3.63, 3.8) is 0 Å². The Labute approximate surface area is 240 Å². The van der Waals surface area contributed by atoms with Gasteiger partial charge < -0.3 is 15.6 Å². The van der Waals surface area contributed by atoms with E-state index in [1.165, 1.54) is 35.3 Å². The van der Waals surface area contributed by atoms with Gasteiger partial charge in [-0.15, -0.1) is 0 Å². The van der Waals surface area contributed by atoms with Crippen LogP contribution in [-0.4, -0.2) is 26.3 Å². The zero-order valence-corrected chi connectivity index (χ0v) is 22.0. The molecule has 2 aromatic heterocycles. The molecular formula is C30H21F6N5O2. The number of alkyl halides is 3. The molecule has 0 aliphatic carbocycles. The second-order valence-corrected chi connectivity index (χ2v) is 9.67. The fourth-order valence-corrected chi connectivity index (χ4v) is 4.76. The Bertz CT molecular complexity index is 1830. The normalized spacial score (nSPS) is 12.3. The molecule has 220 valence electrons. The van der Waals surface area contributed by atoms with E-state index in [0.717, 1.165) is 30.3 Å². The van der Waals surface area contributed by atoms with Gasteiger partial charge in [-0.3, -0.25) is 14.6 Å². The third kappa shape index (κ3) is 6.50. The number of rotatable bonds is 8. The van der Waals surface area contributed by atoms with Crippen LogP contribution in [-0.2, 0) is 23.9 Å². The van der Waals surface area contributed by atoms with Crippen LogP contribution in [0.3, 0.4) is 0 Å². The molecule has 0 saturated carbocycles. The monoisotopic (exact) mass is 597 g/mol. The van der Waals surface area contributed by atoms with Crippen molar-refractivity contribution in [1.29, 1.82) is 0 Å². The highest BCUT2D eigenvalue weighted by atomic mass is 19.4. The molecule has 0 saturated heterocycles. The first-order valence-electron chi connectivity index (χ1n) is 12.7. The van der Waals surface area contributed by atoms with Crippen LogP contribution in [0.1, 0.15) is 33.2 Å². The highest BCUT2D eigenvalue weighted by molar-refractivity contribution is 5.94. The number of carbonyl (C=O) groups excluding carboxylic acids is 2. The Morgan fingerprint density at radius 1 is 0.930 bits per heavy atom. The number of nitrogens with zero attached hydrogens (tertiary/aromatic N) is 3. The molecule has 5 rings (SSSR count). The van der Waals surface area contributed by atoms with Crippen molar-refractivity contribution in [3.8, 4) is 11.1 Å². The molecule has 7 nitrogen and oxygen atoms in total. The minimum absolute atomic E-state index is 0.0672. The lowest BCUT2D eigenvalue weighted by molar-refractivity contribution is -0.137. The van der Waals surface area contributed by atoms with Gasteiger partial charge in [-0.25, -0.2) is 18.2 Å². The minimum Gasteiger partial charge on any atom is -0.366 e. The Kier molecular flexibility index (Phi) is 7.89. The highest BCUT2D eigenvalue weighted by Gasteiger charge is 2.31. The molecule has 3 N–H and O–H groups in total. The van der Waals surface area contributed by atoms with Gasteiger partial charge in [0.1, 0.15) is 24.0 Å². The van der Waals surface area contributed by atoms with Gasteiger partial charge in [0.25, 0.3) is 5.91 Å². The number of benzene rings is 3. The van der Waals surface area contributed by atoms with E-state index in [9.17, 15) is 35.9 Å². The average molecular weight is 598 g/mol. The zero-order valence-electron chi connectivity index (χ0n) is 22.0. The molecule has 0 aliphatic rings. The molecule has 3 aromatic carbocycles. The zero-order chi connectivity index (χ0) is 30.9. The summed E-state index contributed by atoms with van der Waals surface area (Å²) in [6, 6.07) is 11.5. The molecule has 2 heterocycles. The second kappa shape index (κ2) is 11.6. The third-order valence-electron chi connectivity index (χ3n) is 6.67. The Morgan fingerprint density at radius 2 is 1.67 bits per heavy atom. The summed E-state index contributed by atoms with van der Waals surface area (Å²) in [5.74, 6) is -4.23. The molecule has 1 atom stereocenters. The van der Waals surface area contributed by atoms with E-state index < -0.39 is 53.6 Å². The number of halogens is 6. The van der Waals surface area contributed by atoms with Gasteiger partial charge in [0.15, 0.2) is 0 Å². The Balaban J connectivity index is 1.52. The fourth-order valence-electron chi connectivity index (χ4n) is 4.76. The summed E-state index contributed by atoms with van der Waals surface area (Å²) < 4.78 is 83.4. The maximum atomic E-state index is 14.2. The standard InChI is InChI=1S/C30H21F6N5O2/c31-19-8-16(9-20(32)13-19)10-25(28-21(2-1-7-38-28)17-3-5-23(33)22(11-17)29(37)43)40-27(42)14-41-15-39-24-6-4-18(12-26(24)41)30(34,35)36/h1-9,11-13,15,25H,10,14H2,(H2,37,43)(H,40,42)/t25-/m0/s1. The number of carbonyl (C=O) groups is 2. The first-order valence-corrected chi connectivity index (χ1v) is 12.7. The molecule has 0 fully saturated rings. The number of nitrogens with two attached hydrogens (primary N) is 1. The maximum Gasteiger partial charge on any atom is 0.416 e. The van der Waals surface area contributed by atoms with Gasteiger partial charge in [-0.2, -0.15) is 13.2 Å². The first-order chi connectivity index (χ1) is 20.4. The summed E-state index contributed by atoms with van der Waals surface area (Å²) in [6.07, 6.45) is -2.14. The summed E-state index contributed by atoms with van der Waals surface area (Å²) in [5.41, 5.74) is 5.36. The predicted octanol–water partition coefficient (Wildman–Crippen LogP) is 5.73. The number of primary amides is 1. The number of pyridine rings is 1. The minimum atomic E-state index is -4.61. The lowest BCUT2D eigenvalue weighted by atomic mass is 9.94. The van der Waals surface area contributed by atoms with Crippen LogP contribution in [0.2, 0.25) is 0 Å². The molecule has 0 radical (unpaired) electrons. The molecule has 0 spiro atoms. The van der Waals surface area contributed by atoms with E-state index in [2.05, 4.69) is 15.3 Å². The van der Waals surface area contributed by atoms with Gasteiger partial charge in [0.2, 0.25) is 5.91 Å². The summed E-state index contributed by atoms with van der Waals surface area (Å²) in [4.78, 5) is 33.5. The van der Waals surface area contributed by atoms with E-state index in [0.29, 0.717) is 17.2 Å². The van der Waals surface area contributed by atoms with Gasteiger partial charge in [0.05, 0.1) is 40.2 Å². The van der Waals surface area contributed by atoms with Crippen molar-refractivity contribution in [1.82, 2.24) is 19.9 Å². The van der Waals surface area contributed by atoms with E-state index in [4.69, 9.17) is 5.73 Å². The largest absolute Gasteiger partial charge is 0.416 e. The van der Waals surface area contributed by atoms with Crippen molar-refractivity contribution in [2.24, 2.45) is 5.73 Å². The van der Waals surface area contributed by atoms with E-state index in [-0.39, 0.29) is 34.3 Å². The number of nitrogens with one attached hydrogen (secondary N) is 1. The number of hydrogen-bond acceptors (Lipinski definition) is 4. The number of amides is 2. The molecule has 0 aliphatic heterocycles. The van der Waals surface area contributed by atoms with Gasteiger partial charge in [-0.05, 0) is 66.1 Å². The predicted molar refractivity (Wildman–Crippen MR) is 144 cm³/mol. The van der Waals surface area contributed by atoms with Crippen LogP contribution in [0.25, 0.3) is 22.2 Å². The van der Waals surface area contributed by atoms with Crippen molar-refractivity contribution < 1.29 is 35.9 Å². The van der Waals surface area contributed by atoms with Crippen molar-refractivity contribution >= 4 is 22.8 Å². The number of imidazole rings is 1. The second-order valence-electron chi connectivity index (χ2n) is 9.67. The Hall–Kier alpha value is -5.20. The molecule has 43 heavy (non-hydrogen) atoms. The Morgan fingerprint density at radius 3 is 2.37 bits per heavy atom. The lowest BCUT2D eigenvalue weighted by Crippen LogP contribution is -2.33. The van der Waals surface area contributed by atoms with Crippen LogP contribution in [0.4, 0.5) is 26.3 Å². The van der Waals surface area contributed by atoms with Crippen LogP contribution in [0.5, 0.6) is 0 Å². The van der Waals surface area contributed by atoms with Gasteiger partial charge >= 0.3 is 6.18 Å². The summed E-state index contributed by atoms with van der Waals surface area (Å²) in [6.45, 7) is -0.448. The molecule has 0 bridgehead atoms. The smallest absolute Gasteiger partial charge is 0.366 e. The van der Waals surface area contributed by atoms with Crippen LogP contribution in [0, 0.1) is 17.5 Å². The van der Waals surface area contributed by atoms with E-state index in [1.54, 1.807) is 12.1 Å². The first kappa shape index (κ1) is 29.3. The van der Waals surface area contributed by atoms with Gasteiger partial charge in [-0.1, -0.05) is 12.1 Å². The van der Waals surface area contributed by atoms with Crippen LogP contribution < -0.4 is 11.1 Å². The SMILES string of the molecule is NC(=O)c1cc(-c2cccnc2[C@H](Cc2cc(F)cc(F)c2)NC(=O)Cn2cnc3ccc(C(F)(F)F)cc32)ccc1F. The molecule has 13 heteroatoms. The van der Waals surface area contributed by atoms with E-state index in [1.807, 2.05) is 0 Å². The van der Waals surface area contributed by atoms with Crippen molar-refractivity contribution in [3.05, 3.63) is 119 Å². The van der Waals surface area contributed by atoms with Gasteiger partial charge in [0, 0.05) is 17.8 Å². The summed E-state index contributed by atoms with van der Waals surface area (Å²) >= 11 is 0. The number of fused-ring (bicyclic) bond motifs is 1. The number of aromatic nitrogens is 3.